The van der Waals surface area contributed by atoms with Crippen molar-refractivity contribution in [2.75, 3.05) is 4.72 Å². The van der Waals surface area contributed by atoms with Gasteiger partial charge in [-0.3, -0.25) is 4.72 Å². The first kappa shape index (κ1) is 21.2. The van der Waals surface area contributed by atoms with Crippen LogP contribution < -0.4 is 9.44 Å². The molecular weight excluding hydrogens is 416 g/mol. The zero-order valence-electron chi connectivity index (χ0n) is 14.3. The Labute approximate surface area is 162 Å². The summed E-state index contributed by atoms with van der Waals surface area (Å²) in [5.41, 5.74) is -0.142. The molecule has 0 bridgehead atoms. The summed E-state index contributed by atoms with van der Waals surface area (Å²) in [7, 11) is -7.89. The summed E-state index contributed by atoms with van der Waals surface area (Å²) in [6.45, 7) is 3.35. The number of rotatable bonds is 7. The van der Waals surface area contributed by atoms with Gasteiger partial charge in [-0.1, -0.05) is 11.6 Å². The lowest BCUT2D eigenvalue weighted by Crippen LogP contribution is -2.30. The molecule has 0 radical (unpaired) electrons. The Hall–Kier alpha value is -2.14. The number of anilines is 1. The number of hydrogen-bond donors (Lipinski definition) is 3. The summed E-state index contributed by atoms with van der Waals surface area (Å²) >= 11 is 5.89. The predicted molar refractivity (Wildman–Crippen MR) is 101 cm³/mol. The highest BCUT2D eigenvalue weighted by Crippen LogP contribution is 2.25. The molecule has 146 valence electrons. The molecule has 2 aromatic carbocycles. The highest BCUT2D eigenvalue weighted by atomic mass is 35.5. The molecule has 11 heteroatoms. The maximum atomic E-state index is 12.5. The molecule has 0 amide bonds. The third kappa shape index (κ3) is 5.19. The molecule has 0 atom stereocenters. The molecular formula is C16H17ClN2O6S2. The molecule has 0 saturated heterocycles. The molecule has 2 rings (SSSR count). The van der Waals surface area contributed by atoms with E-state index in [1.165, 1.54) is 36.4 Å². The van der Waals surface area contributed by atoms with Gasteiger partial charge in [0.05, 0.1) is 15.5 Å². The van der Waals surface area contributed by atoms with Crippen molar-refractivity contribution in [1.29, 1.82) is 0 Å². The number of aromatic carboxylic acids is 1. The third-order valence-electron chi connectivity index (χ3n) is 3.28. The van der Waals surface area contributed by atoms with E-state index in [2.05, 4.69) is 9.44 Å². The molecule has 0 aliphatic carbocycles. The zero-order chi connectivity index (χ0) is 20.4. The number of sulfonamides is 2. The van der Waals surface area contributed by atoms with E-state index < -0.39 is 30.9 Å². The van der Waals surface area contributed by atoms with E-state index >= 15 is 0 Å². The Morgan fingerprint density at radius 2 is 1.59 bits per heavy atom. The molecule has 27 heavy (non-hydrogen) atoms. The Morgan fingerprint density at radius 1 is 1.00 bits per heavy atom. The molecule has 0 saturated carbocycles. The fourth-order valence-electron chi connectivity index (χ4n) is 2.13. The van der Waals surface area contributed by atoms with Crippen molar-refractivity contribution in [2.45, 2.75) is 29.7 Å². The summed E-state index contributed by atoms with van der Waals surface area (Å²) in [5.74, 6) is -1.30. The standard InChI is InChI=1S/C16H17ClN2O6S2/c1-10(2)18-26(22,23)13-6-4-12(5-7-13)19-27(24,25)15-9-11(16(20)21)3-8-14(15)17/h3-10,18-19H,1-2H3,(H,20,21). The molecule has 0 aliphatic heterocycles. The molecule has 0 aliphatic rings. The third-order valence-corrected chi connectivity index (χ3v) is 6.81. The fourth-order valence-corrected chi connectivity index (χ4v) is 4.97. The Bertz CT molecular complexity index is 1060. The van der Waals surface area contributed by atoms with E-state index in [1.54, 1.807) is 13.8 Å². The number of benzene rings is 2. The number of carboxylic acids is 1. The van der Waals surface area contributed by atoms with Gasteiger partial charge in [0.15, 0.2) is 0 Å². The van der Waals surface area contributed by atoms with Crippen molar-refractivity contribution in [3.63, 3.8) is 0 Å². The Balaban J connectivity index is 2.32. The summed E-state index contributed by atoms with van der Waals surface area (Å²) in [5, 5.41) is 8.86. The summed E-state index contributed by atoms with van der Waals surface area (Å²) in [4.78, 5) is 10.6. The van der Waals surface area contributed by atoms with E-state index in [0.29, 0.717) is 0 Å². The minimum absolute atomic E-state index is 0.0231. The average Bonchev–Trinajstić information content (AvgIpc) is 2.53. The first-order valence-corrected chi connectivity index (χ1v) is 10.9. The number of halogens is 1. The summed E-state index contributed by atoms with van der Waals surface area (Å²) < 4.78 is 53.8. The molecule has 0 spiro atoms. The average molecular weight is 433 g/mol. The van der Waals surface area contributed by atoms with E-state index in [9.17, 15) is 21.6 Å². The van der Waals surface area contributed by atoms with Crippen LogP contribution in [-0.4, -0.2) is 34.0 Å². The van der Waals surface area contributed by atoms with Gasteiger partial charge in [0, 0.05) is 11.7 Å². The van der Waals surface area contributed by atoms with Gasteiger partial charge in [0.2, 0.25) is 10.0 Å². The molecule has 0 aromatic heterocycles. The minimum atomic E-state index is -4.18. The number of carbonyl (C=O) groups is 1. The van der Waals surface area contributed by atoms with Gasteiger partial charge in [-0.25, -0.2) is 26.4 Å². The molecule has 2 aromatic rings. The van der Waals surface area contributed by atoms with Crippen molar-refractivity contribution in [2.24, 2.45) is 0 Å². The van der Waals surface area contributed by atoms with E-state index in [0.717, 1.165) is 6.07 Å². The molecule has 3 N–H and O–H groups in total. The van der Waals surface area contributed by atoms with Crippen LogP contribution in [0.1, 0.15) is 24.2 Å². The second kappa shape index (κ2) is 7.85. The van der Waals surface area contributed by atoms with E-state index in [4.69, 9.17) is 16.7 Å². The number of nitrogens with one attached hydrogen (secondary N) is 2. The second-order valence-corrected chi connectivity index (χ2v) is 9.63. The van der Waals surface area contributed by atoms with Crippen LogP contribution in [0.15, 0.2) is 52.3 Å². The van der Waals surface area contributed by atoms with Gasteiger partial charge in [-0.05, 0) is 56.3 Å². The monoisotopic (exact) mass is 432 g/mol. The maximum absolute atomic E-state index is 12.5. The lowest BCUT2D eigenvalue weighted by molar-refractivity contribution is 0.0696. The van der Waals surface area contributed by atoms with Crippen molar-refractivity contribution in [1.82, 2.24) is 4.72 Å². The first-order chi connectivity index (χ1) is 12.4. The second-order valence-electron chi connectivity index (χ2n) is 5.86. The maximum Gasteiger partial charge on any atom is 0.335 e. The summed E-state index contributed by atoms with van der Waals surface area (Å²) in [6.07, 6.45) is 0. The largest absolute Gasteiger partial charge is 0.478 e. The zero-order valence-corrected chi connectivity index (χ0v) is 16.7. The van der Waals surface area contributed by atoms with Crippen LogP contribution >= 0.6 is 11.6 Å². The Kier molecular flexibility index (Phi) is 6.15. The van der Waals surface area contributed by atoms with Crippen LogP contribution in [0.5, 0.6) is 0 Å². The van der Waals surface area contributed by atoms with Gasteiger partial charge in [-0.2, -0.15) is 0 Å². The lowest BCUT2D eigenvalue weighted by atomic mass is 10.2. The molecule has 0 heterocycles. The molecule has 0 fully saturated rings. The van der Waals surface area contributed by atoms with Crippen LogP contribution in [0.25, 0.3) is 0 Å². The SMILES string of the molecule is CC(C)NS(=O)(=O)c1ccc(NS(=O)(=O)c2cc(C(=O)O)ccc2Cl)cc1. The fraction of sp³-hybridized carbons (Fsp3) is 0.188. The topological polar surface area (TPSA) is 130 Å². The van der Waals surface area contributed by atoms with Gasteiger partial charge in [0.25, 0.3) is 10.0 Å². The van der Waals surface area contributed by atoms with Crippen molar-refractivity contribution < 1.29 is 26.7 Å². The highest BCUT2D eigenvalue weighted by Gasteiger charge is 2.21. The van der Waals surface area contributed by atoms with Gasteiger partial charge < -0.3 is 5.11 Å². The Morgan fingerprint density at radius 3 is 2.11 bits per heavy atom. The summed E-state index contributed by atoms with van der Waals surface area (Å²) in [6, 6.07) is 8.06. The van der Waals surface area contributed by atoms with Crippen LogP contribution in [0.4, 0.5) is 5.69 Å². The van der Waals surface area contributed by atoms with Crippen LogP contribution in [-0.2, 0) is 20.0 Å². The lowest BCUT2D eigenvalue weighted by Gasteiger charge is -2.12. The van der Waals surface area contributed by atoms with Crippen molar-refractivity contribution >= 4 is 43.3 Å². The number of hydrogen-bond acceptors (Lipinski definition) is 5. The van der Waals surface area contributed by atoms with Gasteiger partial charge in [0.1, 0.15) is 4.90 Å². The van der Waals surface area contributed by atoms with Crippen LogP contribution in [0, 0.1) is 0 Å². The predicted octanol–water partition coefficient (Wildman–Crippen LogP) is 2.53. The molecule has 8 nitrogen and oxygen atoms in total. The van der Waals surface area contributed by atoms with Crippen molar-refractivity contribution in [3.05, 3.63) is 53.1 Å². The van der Waals surface area contributed by atoms with Gasteiger partial charge >= 0.3 is 5.97 Å². The first-order valence-electron chi connectivity index (χ1n) is 7.60. The normalized spacial score (nSPS) is 12.1. The van der Waals surface area contributed by atoms with E-state index in [-0.39, 0.29) is 27.2 Å². The van der Waals surface area contributed by atoms with Crippen LogP contribution in [0.2, 0.25) is 5.02 Å². The van der Waals surface area contributed by atoms with Crippen molar-refractivity contribution in [3.8, 4) is 0 Å². The van der Waals surface area contributed by atoms with Crippen LogP contribution in [0.3, 0.4) is 0 Å². The smallest absolute Gasteiger partial charge is 0.335 e. The number of carboxylic acid groups (broad SMARTS) is 1. The minimum Gasteiger partial charge on any atom is -0.478 e. The van der Waals surface area contributed by atoms with Gasteiger partial charge in [-0.15, -0.1) is 0 Å². The van der Waals surface area contributed by atoms with E-state index in [1.807, 2.05) is 0 Å². The quantitative estimate of drug-likeness (QED) is 0.616. The highest BCUT2D eigenvalue weighted by molar-refractivity contribution is 7.92. The molecule has 0 unspecified atom stereocenters.